The Labute approximate surface area is 75.5 Å². The number of hydrogen-bond acceptors (Lipinski definition) is 1. The summed E-state index contributed by atoms with van der Waals surface area (Å²) in [5.74, 6) is 0.802. The van der Waals surface area contributed by atoms with Gasteiger partial charge in [-0.15, -0.1) is 0 Å². The van der Waals surface area contributed by atoms with E-state index in [2.05, 4.69) is 20.8 Å². The number of rotatable bonds is 1. The molecule has 0 atom stereocenters. The van der Waals surface area contributed by atoms with Crippen molar-refractivity contribution >= 4 is 0 Å². The van der Waals surface area contributed by atoms with Crippen LogP contribution in [0.4, 0.5) is 0 Å². The SMILES string of the molecule is CC(C)=CC1(O)CCC(C)CC1. The Morgan fingerprint density at radius 1 is 1.33 bits per heavy atom. The summed E-state index contributed by atoms with van der Waals surface area (Å²) in [6.45, 7) is 6.37. The summed E-state index contributed by atoms with van der Waals surface area (Å²) in [5.41, 5.74) is 0.748. The lowest BCUT2D eigenvalue weighted by atomic mass is 9.79. The van der Waals surface area contributed by atoms with Crippen LogP contribution in [-0.4, -0.2) is 10.7 Å². The molecule has 1 N–H and O–H groups in total. The van der Waals surface area contributed by atoms with Crippen LogP contribution in [0.3, 0.4) is 0 Å². The molecule has 0 amide bonds. The van der Waals surface area contributed by atoms with E-state index in [0.717, 1.165) is 18.8 Å². The Hall–Kier alpha value is -0.300. The van der Waals surface area contributed by atoms with Crippen LogP contribution in [0.5, 0.6) is 0 Å². The normalized spacial score (nSPS) is 36.2. The average molecular weight is 168 g/mol. The molecule has 1 nitrogen and oxygen atoms in total. The third-order valence-electron chi connectivity index (χ3n) is 2.70. The number of hydrogen-bond donors (Lipinski definition) is 1. The van der Waals surface area contributed by atoms with Crippen molar-refractivity contribution < 1.29 is 5.11 Å². The van der Waals surface area contributed by atoms with Crippen molar-refractivity contribution in [3.63, 3.8) is 0 Å². The molecular formula is C11H20O. The van der Waals surface area contributed by atoms with Crippen LogP contribution in [0.25, 0.3) is 0 Å². The smallest absolute Gasteiger partial charge is 0.0830 e. The fourth-order valence-electron chi connectivity index (χ4n) is 1.94. The quantitative estimate of drug-likeness (QED) is 0.597. The Balaban J connectivity index is 2.56. The lowest BCUT2D eigenvalue weighted by Gasteiger charge is -2.32. The minimum Gasteiger partial charge on any atom is -0.386 e. The topological polar surface area (TPSA) is 20.2 Å². The highest BCUT2D eigenvalue weighted by Crippen LogP contribution is 2.33. The van der Waals surface area contributed by atoms with Crippen LogP contribution in [0, 0.1) is 5.92 Å². The molecule has 0 unspecified atom stereocenters. The summed E-state index contributed by atoms with van der Waals surface area (Å²) in [7, 11) is 0. The van der Waals surface area contributed by atoms with Crippen LogP contribution >= 0.6 is 0 Å². The van der Waals surface area contributed by atoms with Crippen molar-refractivity contribution in [2.24, 2.45) is 5.92 Å². The summed E-state index contributed by atoms with van der Waals surface area (Å²) in [6, 6.07) is 0. The Bertz CT molecular complexity index is 169. The zero-order chi connectivity index (χ0) is 9.19. The minimum atomic E-state index is -0.481. The van der Waals surface area contributed by atoms with Crippen molar-refractivity contribution in [3.05, 3.63) is 11.6 Å². The molecule has 0 heterocycles. The van der Waals surface area contributed by atoms with Crippen LogP contribution in [0.2, 0.25) is 0 Å². The fourth-order valence-corrected chi connectivity index (χ4v) is 1.94. The molecular weight excluding hydrogens is 148 g/mol. The van der Waals surface area contributed by atoms with Gasteiger partial charge < -0.3 is 5.11 Å². The van der Waals surface area contributed by atoms with E-state index in [1.54, 1.807) is 0 Å². The van der Waals surface area contributed by atoms with Crippen molar-refractivity contribution in [3.8, 4) is 0 Å². The van der Waals surface area contributed by atoms with Gasteiger partial charge in [0, 0.05) is 0 Å². The maximum Gasteiger partial charge on any atom is 0.0830 e. The summed E-state index contributed by atoms with van der Waals surface area (Å²) < 4.78 is 0. The molecule has 1 aliphatic rings. The first-order valence-corrected chi connectivity index (χ1v) is 4.90. The van der Waals surface area contributed by atoms with Crippen molar-refractivity contribution in [1.82, 2.24) is 0 Å². The first-order chi connectivity index (χ1) is 5.52. The zero-order valence-electron chi connectivity index (χ0n) is 8.43. The molecule has 1 rings (SSSR count). The van der Waals surface area contributed by atoms with Gasteiger partial charge in [0.25, 0.3) is 0 Å². The van der Waals surface area contributed by atoms with Crippen LogP contribution in [0.15, 0.2) is 11.6 Å². The number of aliphatic hydroxyl groups is 1. The second kappa shape index (κ2) is 3.61. The largest absolute Gasteiger partial charge is 0.386 e. The second-order valence-corrected chi connectivity index (χ2v) is 4.51. The molecule has 12 heavy (non-hydrogen) atoms. The van der Waals surface area contributed by atoms with E-state index < -0.39 is 5.60 Å². The van der Waals surface area contributed by atoms with Gasteiger partial charge in [0.2, 0.25) is 0 Å². The molecule has 0 radical (unpaired) electrons. The van der Waals surface area contributed by atoms with Crippen LogP contribution in [-0.2, 0) is 0 Å². The van der Waals surface area contributed by atoms with E-state index in [0.29, 0.717) is 0 Å². The van der Waals surface area contributed by atoms with E-state index in [1.807, 2.05) is 6.08 Å². The minimum absolute atomic E-state index is 0.481. The van der Waals surface area contributed by atoms with Crippen molar-refractivity contribution in [1.29, 1.82) is 0 Å². The summed E-state index contributed by atoms with van der Waals surface area (Å²) in [6.07, 6.45) is 6.25. The van der Waals surface area contributed by atoms with Gasteiger partial charge in [0.05, 0.1) is 5.60 Å². The lowest BCUT2D eigenvalue weighted by molar-refractivity contribution is 0.0372. The van der Waals surface area contributed by atoms with E-state index in [1.165, 1.54) is 18.4 Å². The lowest BCUT2D eigenvalue weighted by Crippen LogP contribution is -2.31. The van der Waals surface area contributed by atoms with E-state index in [-0.39, 0.29) is 0 Å². The molecule has 1 fully saturated rings. The molecule has 0 aromatic heterocycles. The molecule has 1 aliphatic carbocycles. The molecule has 0 saturated heterocycles. The van der Waals surface area contributed by atoms with E-state index >= 15 is 0 Å². The molecule has 1 heteroatoms. The maximum absolute atomic E-state index is 10.1. The summed E-state index contributed by atoms with van der Waals surface area (Å²) in [5, 5.41) is 10.1. The number of allylic oxidation sites excluding steroid dienone is 1. The first kappa shape index (κ1) is 9.79. The molecule has 70 valence electrons. The van der Waals surface area contributed by atoms with Crippen LogP contribution in [0.1, 0.15) is 46.5 Å². The second-order valence-electron chi connectivity index (χ2n) is 4.51. The van der Waals surface area contributed by atoms with Crippen LogP contribution < -0.4 is 0 Å². The summed E-state index contributed by atoms with van der Waals surface area (Å²) in [4.78, 5) is 0. The zero-order valence-corrected chi connectivity index (χ0v) is 8.43. The Morgan fingerprint density at radius 2 is 1.83 bits per heavy atom. The van der Waals surface area contributed by atoms with Crippen molar-refractivity contribution in [2.75, 3.05) is 0 Å². The monoisotopic (exact) mass is 168 g/mol. The Morgan fingerprint density at radius 3 is 2.25 bits per heavy atom. The predicted molar refractivity (Wildman–Crippen MR) is 52.0 cm³/mol. The predicted octanol–water partition coefficient (Wildman–Crippen LogP) is 2.89. The standard InChI is InChI=1S/C11H20O/c1-9(2)8-11(12)6-4-10(3)5-7-11/h8,10,12H,4-7H2,1-3H3. The van der Waals surface area contributed by atoms with E-state index in [9.17, 15) is 5.11 Å². The van der Waals surface area contributed by atoms with Gasteiger partial charge in [-0.2, -0.15) is 0 Å². The van der Waals surface area contributed by atoms with Gasteiger partial charge in [-0.25, -0.2) is 0 Å². The molecule has 0 spiro atoms. The van der Waals surface area contributed by atoms with Gasteiger partial charge in [-0.05, 0) is 45.4 Å². The van der Waals surface area contributed by atoms with Gasteiger partial charge in [0.1, 0.15) is 0 Å². The highest BCUT2D eigenvalue weighted by Gasteiger charge is 2.29. The van der Waals surface area contributed by atoms with Gasteiger partial charge in [-0.1, -0.05) is 18.6 Å². The maximum atomic E-state index is 10.1. The third-order valence-corrected chi connectivity index (χ3v) is 2.70. The molecule has 0 aliphatic heterocycles. The first-order valence-electron chi connectivity index (χ1n) is 4.90. The fraction of sp³-hybridized carbons (Fsp3) is 0.818. The summed E-state index contributed by atoms with van der Waals surface area (Å²) >= 11 is 0. The van der Waals surface area contributed by atoms with Gasteiger partial charge in [-0.3, -0.25) is 0 Å². The van der Waals surface area contributed by atoms with Gasteiger partial charge in [0.15, 0.2) is 0 Å². The highest BCUT2D eigenvalue weighted by atomic mass is 16.3. The highest BCUT2D eigenvalue weighted by molar-refractivity contribution is 5.08. The average Bonchev–Trinajstić information content (AvgIpc) is 1.94. The molecule has 0 bridgehead atoms. The molecule has 1 saturated carbocycles. The van der Waals surface area contributed by atoms with E-state index in [4.69, 9.17) is 0 Å². The molecule has 0 aromatic carbocycles. The third kappa shape index (κ3) is 2.63. The Kier molecular flexibility index (Phi) is 2.94. The van der Waals surface area contributed by atoms with Gasteiger partial charge >= 0.3 is 0 Å². The molecule has 0 aromatic rings. The van der Waals surface area contributed by atoms with Crippen molar-refractivity contribution in [2.45, 2.75) is 52.1 Å².